The van der Waals surface area contributed by atoms with Crippen molar-refractivity contribution in [3.8, 4) is 6.07 Å². The Morgan fingerprint density at radius 3 is 2.95 bits per heavy atom. The van der Waals surface area contributed by atoms with E-state index in [-0.39, 0.29) is 23.3 Å². The number of carbonyl (C=O) groups is 1. The van der Waals surface area contributed by atoms with E-state index in [1.54, 1.807) is 15.8 Å². The van der Waals surface area contributed by atoms with Gasteiger partial charge < -0.3 is 9.64 Å². The molecule has 1 aromatic rings. The van der Waals surface area contributed by atoms with E-state index >= 15 is 0 Å². The molecular formula is C15H20N4O2. The predicted molar refractivity (Wildman–Crippen MR) is 74.9 cm³/mol. The number of likely N-dealkylation sites (tertiary alicyclic amines) is 1. The van der Waals surface area contributed by atoms with E-state index in [1.807, 2.05) is 20.2 Å². The lowest BCUT2D eigenvalue weighted by molar-refractivity contribution is -0.154. The summed E-state index contributed by atoms with van der Waals surface area (Å²) in [6.07, 6.45) is 5.19. The third-order valence-corrected chi connectivity index (χ3v) is 4.35. The first-order valence-corrected chi connectivity index (χ1v) is 7.33. The smallest absolute Gasteiger partial charge is 0.228 e. The minimum Gasteiger partial charge on any atom is -0.373 e. The van der Waals surface area contributed by atoms with Crippen LogP contribution in [0.3, 0.4) is 0 Å². The molecule has 3 heterocycles. The van der Waals surface area contributed by atoms with Gasteiger partial charge in [0.15, 0.2) is 0 Å². The Kier molecular flexibility index (Phi) is 3.46. The number of nitrogens with zero attached hydrogens (tertiary/aromatic N) is 4. The van der Waals surface area contributed by atoms with Gasteiger partial charge in [0.05, 0.1) is 29.7 Å². The Hall–Kier alpha value is -1.87. The average Bonchev–Trinajstić information content (AvgIpc) is 2.89. The third-order valence-electron chi connectivity index (χ3n) is 4.35. The zero-order valence-corrected chi connectivity index (χ0v) is 12.5. The summed E-state index contributed by atoms with van der Waals surface area (Å²) in [6.45, 7) is 3.63. The van der Waals surface area contributed by atoms with Crippen LogP contribution >= 0.6 is 0 Å². The van der Waals surface area contributed by atoms with Crippen molar-refractivity contribution in [2.75, 3.05) is 19.7 Å². The molecule has 2 atom stereocenters. The molecule has 1 aromatic heterocycles. The van der Waals surface area contributed by atoms with Crippen LogP contribution < -0.4 is 0 Å². The summed E-state index contributed by atoms with van der Waals surface area (Å²) in [4.78, 5) is 14.5. The van der Waals surface area contributed by atoms with Crippen molar-refractivity contribution in [2.45, 2.75) is 25.9 Å². The van der Waals surface area contributed by atoms with E-state index in [2.05, 4.69) is 11.2 Å². The number of rotatable bonds is 2. The van der Waals surface area contributed by atoms with E-state index in [4.69, 9.17) is 10.00 Å². The number of aryl methyl sites for hydroxylation is 1. The zero-order chi connectivity index (χ0) is 15.0. The molecule has 0 radical (unpaired) electrons. The van der Waals surface area contributed by atoms with Gasteiger partial charge in [0.2, 0.25) is 5.91 Å². The van der Waals surface area contributed by atoms with Gasteiger partial charge in [-0.25, -0.2) is 0 Å². The Morgan fingerprint density at radius 2 is 2.33 bits per heavy atom. The third kappa shape index (κ3) is 2.54. The van der Waals surface area contributed by atoms with E-state index in [0.29, 0.717) is 19.7 Å². The SMILES string of the molecule is Cn1cc([C@@H]2OCCC[C@H]2C(=O)N2CC(C)(C#N)C2)cn1. The molecule has 0 saturated carbocycles. The number of aromatic nitrogens is 2. The summed E-state index contributed by atoms with van der Waals surface area (Å²) in [5.74, 6) is -0.0533. The van der Waals surface area contributed by atoms with Crippen LogP contribution in [-0.2, 0) is 16.6 Å². The first-order valence-electron chi connectivity index (χ1n) is 7.33. The highest BCUT2D eigenvalue weighted by atomic mass is 16.5. The van der Waals surface area contributed by atoms with Crippen LogP contribution in [0.15, 0.2) is 12.4 Å². The van der Waals surface area contributed by atoms with Gasteiger partial charge in [-0.2, -0.15) is 10.4 Å². The van der Waals surface area contributed by atoms with Gasteiger partial charge in [0.1, 0.15) is 0 Å². The lowest BCUT2D eigenvalue weighted by Gasteiger charge is -2.46. The summed E-state index contributed by atoms with van der Waals surface area (Å²) in [7, 11) is 1.86. The number of amides is 1. The Bertz CT molecular complexity index is 583. The summed E-state index contributed by atoms with van der Waals surface area (Å²) in [5, 5.41) is 13.2. The highest BCUT2D eigenvalue weighted by Crippen LogP contribution is 2.38. The molecule has 2 aliphatic rings. The number of hydrogen-bond acceptors (Lipinski definition) is 4. The maximum absolute atomic E-state index is 12.7. The molecule has 0 spiro atoms. The molecule has 21 heavy (non-hydrogen) atoms. The van der Waals surface area contributed by atoms with Crippen molar-refractivity contribution < 1.29 is 9.53 Å². The van der Waals surface area contributed by atoms with Crippen molar-refractivity contribution in [2.24, 2.45) is 18.4 Å². The summed E-state index contributed by atoms with van der Waals surface area (Å²) >= 11 is 0. The molecule has 1 amide bonds. The van der Waals surface area contributed by atoms with Crippen molar-refractivity contribution >= 4 is 5.91 Å². The molecule has 0 aliphatic carbocycles. The molecule has 2 fully saturated rings. The normalized spacial score (nSPS) is 27.8. The van der Waals surface area contributed by atoms with Crippen LogP contribution in [0.2, 0.25) is 0 Å². The highest BCUT2D eigenvalue weighted by molar-refractivity contribution is 5.81. The average molecular weight is 288 g/mol. The van der Waals surface area contributed by atoms with Crippen molar-refractivity contribution in [3.05, 3.63) is 18.0 Å². The second-order valence-electron chi connectivity index (χ2n) is 6.35. The summed E-state index contributed by atoms with van der Waals surface area (Å²) < 4.78 is 7.57. The second kappa shape index (κ2) is 5.15. The molecule has 112 valence electrons. The molecule has 0 aromatic carbocycles. The van der Waals surface area contributed by atoms with Gasteiger partial charge in [-0.3, -0.25) is 9.48 Å². The fourth-order valence-electron chi connectivity index (χ4n) is 3.21. The fraction of sp³-hybridized carbons (Fsp3) is 0.667. The number of hydrogen-bond donors (Lipinski definition) is 0. The van der Waals surface area contributed by atoms with Crippen LogP contribution in [-0.4, -0.2) is 40.3 Å². The Morgan fingerprint density at radius 1 is 1.57 bits per heavy atom. The van der Waals surface area contributed by atoms with Crippen LogP contribution in [0.5, 0.6) is 0 Å². The molecule has 0 bridgehead atoms. The number of nitriles is 1. The van der Waals surface area contributed by atoms with Gasteiger partial charge in [0.25, 0.3) is 0 Å². The largest absolute Gasteiger partial charge is 0.373 e. The number of carbonyl (C=O) groups excluding carboxylic acids is 1. The predicted octanol–water partition coefficient (Wildman–Crippen LogP) is 1.26. The van der Waals surface area contributed by atoms with Crippen LogP contribution in [0, 0.1) is 22.7 Å². The monoisotopic (exact) mass is 288 g/mol. The number of ether oxygens (including phenoxy) is 1. The maximum Gasteiger partial charge on any atom is 0.228 e. The summed E-state index contributed by atoms with van der Waals surface area (Å²) in [5.41, 5.74) is 0.578. The maximum atomic E-state index is 12.7. The van der Waals surface area contributed by atoms with E-state index in [9.17, 15) is 4.79 Å². The molecule has 0 unspecified atom stereocenters. The quantitative estimate of drug-likeness (QED) is 0.821. The summed E-state index contributed by atoms with van der Waals surface area (Å²) in [6, 6.07) is 2.27. The molecule has 3 rings (SSSR count). The first kappa shape index (κ1) is 14.1. The van der Waals surface area contributed by atoms with Gasteiger partial charge >= 0.3 is 0 Å². The molecular weight excluding hydrogens is 268 g/mol. The first-order chi connectivity index (χ1) is 10.0. The second-order valence-corrected chi connectivity index (χ2v) is 6.35. The van der Waals surface area contributed by atoms with Crippen LogP contribution in [0.1, 0.15) is 31.4 Å². The van der Waals surface area contributed by atoms with Gasteiger partial charge in [-0.05, 0) is 19.8 Å². The lowest BCUT2D eigenvalue weighted by Crippen LogP contribution is -2.58. The standard InChI is InChI=1S/C15H20N4O2/c1-15(8-16)9-19(10-15)14(20)12-4-3-5-21-13(12)11-6-17-18(2)7-11/h6-7,12-13H,3-5,9-10H2,1-2H3/t12-,13+/m1/s1. The van der Waals surface area contributed by atoms with E-state index < -0.39 is 0 Å². The molecule has 6 heteroatoms. The van der Waals surface area contributed by atoms with E-state index in [0.717, 1.165) is 18.4 Å². The van der Waals surface area contributed by atoms with Gasteiger partial charge in [-0.1, -0.05) is 0 Å². The van der Waals surface area contributed by atoms with Gasteiger partial charge in [-0.15, -0.1) is 0 Å². The fourth-order valence-corrected chi connectivity index (χ4v) is 3.21. The van der Waals surface area contributed by atoms with Crippen molar-refractivity contribution in [1.82, 2.24) is 14.7 Å². The van der Waals surface area contributed by atoms with Crippen molar-refractivity contribution in [3.63, 3.8) is 0 Å². The minimum atomic E-state index is -0.380. The lowest BCUT2D eigenvalue weighted by atomic mass is 9.81. The van der Waals surface area contributed by atoms with E-state index in [1.165, 1.54) is 0 Å². The Labute approximate surface area is 124 Å². The van der Waals surface area contributed by atoms with Crippen molar-refractivity contribution in [1.29, 1.82) is 5.26 Å². The molecule has 0 N–H and O–H groups in total. The molecule has 6 nitrogen and oxygen atoms in total. The Balaban J connectivity index is 1.73. The zero-order valence-electron chi connectivity index (χ0n) is 12.5. The molecule has 2 aliphatic heterocycles. The van der Waals surface area contributed by atoms with Gasteiger partial charge in [0, 0.05) is 38.5 Å². The highest BCUT2D eigenvalue weighted by Gasteiger charge is 2.45. The topological polar surface area (TPSA) is 71.2 Å². The van der Waals surface area contributed by atoms with Crippen LogP contribution in [0.4, 0.5) is 0 Å². The molecule has 2 saturated heterocycles. The van der Waals surface area contributed by atoms with Crippen LogP contribution in [0.25, 0.3) is 0 Å². The minimum absolute atomic E-state index is 0.108.